The lowest BCUT2D eigenvalue weighted by Crippen LogP contribution is -2.26. The van der Waals surface area contributed by atoms with Crippen LogP contribution in [-0.4, -0.2) is 11.6 Å². The molecular formula is C8H10Cl2O2. The Balaban J connectivity index is 2.78. The van der Waals surface area contributed by atoms with Crippen LogP contribution in [-0.2, 0) is 9.53 Å². The van der Waals surface area contributed by atoms with Crippen molar-refractivity contribution in [1.29, 1.82) is 0 Å². The molecule has 0 radical (unpaired) electrons. The van der Waals surface area contributed by atoms with Crippen molar-refractivity contribution in [2.45, 2.75) is 25.9 Å². The largest absolute Gasteiger partial charge is 0.459 e. The Morgan fingerprint density at radius 2 is 2.25 bits per heavy atom. The minimum absolute atomic E-state index is 0.0185. The first-order valence-corrected chi connectivity index (χ1v) is 4.42. The molecule has 0 spiro atoms. The predicted octanol–water partition coefficient (Wildman–Crippen LogP) is 2.65. The smallest absolute Gasteiger partial charge is 0.307 e. The van der Waals surface area contributed by atoms with Crippen LogP contribution in [0.25, 0.3) is 0 Å². The van der Waals surface area contributed by atoms with Crippen molar-refractivity contribution in [2.24, 2.45) is 5.92 Å². The van der Waals surface area contributed by atoms with Crippen molar-refractivity contribution in [1.82, 2.24) is 0 Å². The van der Waals surface area contributed by atoms with Gasteiger partial charge in [0.05, 0.1) is 6.42 Å². The monoisotopic (exact) mass is 208 g/mol. The quantitative estimate of drug-likeness (QED) is 0.620. The third-order valence-corrected chi connectivity index (χ3v) is 2.24. The highest BCUT2D eigenvalue weighted by atomic mass is 35.5. The second-order valence-electron chi connectivity index (χ2n) is 3.34. The van der Waals surface area contributed by atoms with Gasteiger partial charge in [-0.3, -0.25) is 4.79 Å². The van der Waals surface area contributed by atoms with Crippen LogP contribution in [0.4, 0.5) is 0 Å². The molecule has 1 aliphatic heterocycles. The molecule has 0 bridgehead atoms. The molecule has 1 atom stereocenters. The molecule has 12 heavy (non-hydrogen) atoms. The van der Waals surface area contributed by atoms with E-state index in [-0.39, 0.29) is 16.4 Å². The van der Waals surface area contributed by atoms with Gasteiger partial charge in [0.25, 0.3) is 0 Å². The second kappa shape index (κ2) is 3.27. The van der Waals surface area contributed by atoms with Gasteiger partial charge in [-0.05, 0) is 19.9 Å². The standard InChI is InChI=1S/C8H10Cl2O2/c1-8(2)5(3-6(9)10)4-7(11)12-8/h3,5H,4H2,1-2H3/t5-/m1/s1. The number of hydrogen-bond acceptors (Lipinski definition) is 2. The van der Waals surface area contributed by atoms with Gasteiger partial charge in [-0.25, -0.2) is 0 Å². The van der Waals surface area contributed by atoms with Crippen molar-refractivity contribution in [3.63, 3.8) is 0 Å². The van der Waals surface area contributed by atoms with Crippen molar-refractivity contribution >= 4 is 29.2 Å². The normalized spacial score (nSPS) is 26.7. The number of ether oxygens (including phenoxy) is 1. The first-order chi connectivity index (χ1) is 5.42. The highest BCUT2D eigenvalue weighted by molar-refractivity contribution is 6.55. The van der Waals surface area contributed by atoms with Crippen LogP contribution in [0.2, 0.25) is 0 Å². The molecule has 0 N–H and O–H groups in total. The molecule has 0 aliphatic carbocycles. The van der Waals surface area contributed by atoms with E-state index in [9.17, 15) is 4.79 Å². The van der Waals surface area contributed by atoms with Gasteiger partial charge in [0.1, 0.15) is 10.1 Å². The van der Waals surface area contributed by atoms with Crippen molar-refractivity contribution < 1.29 is 9.53 Å². The topological polar surface area (TPSA) is 26.3 Å². The first-order valence-electron chi connectivity index (χ1n) is 3.66. The van der Waals surface area contributed by atoms with Gasteiger partial charge in [0, 0.05) is 5.92 Å². The van der Waals surface area contributed by atoms with Crippen LogP contribution in [0.1, 0.15) is 20.3 Å². The summed E-state index contributed by atoms with van der Waals surface area (Å²) in [6, 6.07) is 0. The Bertz CT molecular complexity index is 229. The summed E-state index contributed by atoms with van der Waals surface area (Å²) in [6.07, 6.45) is 2.00. The van der Waals surface area contributed by atoms with Crippen LogP contribution >= 0.6 is 23.2 Å². The maximum atomic E-state index is 10.9. The average Bonchev–Trinajstić information content (AvgIpc) is 2.04. The van der Waals surface area contributed by atoms with E-state index in [2.05, 4.69) is 0 Å². The number of carbonyl (C=O) groups excluding carboxylic acids is 1. The summed E-state index contributed by atoms with van der Waals surface area (Å²) in [6.45, 7) is 3.69. The first kappa shape index (κ1) is 9.87. The predicted molar refractivity (Wildman–Crippen MR) is 48.1 cm³/mol. The van der Waals surface area contributed by atoms with E-state index in [4.69, 9.17) is 27.9 Å². The molecule has 1 fully saturated rings. The number of halogens is 2. The minimum Gasteiger partial charge on any atom is -0.459 e. The summed E-state index contributed by atoms with van der Waals surface area (Å²) < 4.78 is 5.25. The Hall–Kier alpha value is -0.210. The molecule has 4 heteroatoms. The third kappa shape index (κ3) is 2.14. The summed E-state index contributed by atoms with van der Waals surface area (Å²) in [5.74, 6) is -0.217. The zero-order chi connectivity index (χ0) is 9.35. The van der Waals surface area contributed by atoms with Gasteiger partial charge in [-0.15, -0.1) is 0 Å². The lowest BCUT2D eigenvalue weighted by molar-refractivity contribution is -0.146. The van der Waals surface area contributed by atoms with E-state index in [0.717, 1.165) is 0 Å². The third-order valence-electron chi connectivity index (χ3n) is 1.98. The molecule has 2 nitrogen and oxygen atoms in total. The number of carbonyl (C=O) groups is 1. The van der Waals surface area contributed by atoms with E-state index < -0.39 is 5.60 Å². The van der Waals surface area contributed by atoms with E-state index >= 15 is 0 Å². The number of cyclic esters (lactones) is 1. The molecule has 1 heterocycles. The molecule has 0 saturated carbocycles. The molecule has 1 saturated heterocycles. The van der Waals surface area contributed by atoms with Gasteiger partial charge in [0.2, 0.25) is 0 Å². The molecular weight excluding hydrogens is 199 g/mol. The molecule has 0 aromatic rings. The zero-order valence-corrected chi connectivity index (χ0v) is 8.45. The van der Waals surface area contributed by atoms with Crippen molar-refractivity contribution in [3.8, 4) is 0 Å². The fourth-order valence-electron chi connectivity index (χ4n) is 1.25. The van der Waals surface area contributed by atoms with Crippen LogP contribution < -0.4 is 0 Å². The Morgan fingerprint density at radius 3 is 2.58 bits per heavy atom. The van der Waals surface area contributed by atoms with E-state index in [0.29, 0.717) is 6.42 Å². The maximum absolute atomic E-state index is 10.9. The van der Waals surface area contributed by atoms with Crippen LogP contribution in [0.5, 0.6) is 0 Å². The summed E-state index contributed by atoms with van der Waals surface area (Å²) in [7, 11) is 0. The molecule has 0 aromatic heterocycles. The molecule has 0 unspecified atom stereocenters. The number of esters is 1. The van der Waals surface area contributed by atoms with E-state index in [1.165, 1.54) is 0 Å². The highest BCUT2D eigenvalue weighted by Gasteiger charge is 2.40. The fourth-order valence-corrected chi connectivity index (χ4v) is 1.55. The minimum atomic E-state index is -0.480. The fraction of sp³-hybridized carbons (Fsp3) is 0.625. The highest BCUT2D eigenvalue weighted by Crippen LogP contribution is 2.34. The zero-order valence-electron chi connectivity index (χ0n) is 6.93. The van der Waals surface area contributed by atoms with Gasteiger partial charge >= 0.3 is 5.97 Å². The Morgan fingerprint density at radius 1 is 1.67 bits per heavy atom. The molecule has 0 aromatic carbocycles. The number of hydrogen-bond donors (Lipinski definition) is 0. The van der Waals surface area contributed by atoms with Crippen LogP contribution in [0.15, 0.2) is 10.6 Å². The molecule has 1 aliphatic rings. The average molecular weight is 209 g/mol. The number of rotatable bonds is 1. The van der Waals surface area contributed by atoms with Crippen LogP contribution in [0.3, 0.4) is 0 Å². The van der Waals surface area contributed by atoms with Gasteiger partial charge < -0.3 is 4.74 Å². The molecule has 0 amide bonds. The lowest BCUT2D eigenvalue weighted by Gasteiger charge is -2.21. The SMILES string of the molecule is CC1(C)OC(=O)C[C@H]1C=C(Cl)Cl. The lowest BCUT2D eigenvalue weighted by atomic mass is 9.91. The van der Waals surface area contributed by atoms with Gasteiger partial charge in [-0.1, -0.05) is 23.2 Å². The van der Waals surface area contributed by atoms with Crippen molar-refractivity contribution in [2.75, 3.05) is 0 Å². The maximum Gasteiger partial charge on any atom is 0.307 e. The van der Waals surface area contributed by atoms with E-state index in [1.807, 2.05) is 13.8 Å². The second-order valence-corrected chi connectivity index (χ2v) is 4.35. The summed E-state index contributed by atoms with van der Waals surface area (Å²) in [5, 5.41) is 0. The summed E-state index contributed by atoms with van der Waals surface area (Å²) in [4.78, 5) is 10.9. The summed E-state index contributed by atoms with van der Waals surface area (Å²) in [5.41, 5.74) is -0.480. The molecule has 68 valence electrons. The van der Waals surface area contributed by atoms with E-state index in [1.54, 1.807) is 6.08 Å². The Kier molecular flexibility index (Phi) is 2.69. The molecule has 1 rings (SSSR count). The Labute approximate surface area is 81.5 Å². The van der Waals surface area contributed by atoms with Crippen molar-refractivity contribution in [3.05, 3.63) is 10.6 Å². The van der Waals surface area contributed by atoms with Crippen LogP contribution in [0, 0.1) is 5.92 Å². The summed E-state index contributed by atoms with van der Waals surface area (Å²) >= 11 is 11.0. The van der Waals surface area contributed by atoms with Gasteiger partial charge in [0.15, 0.2) is 0 Å². The van der Waals surface area contributed by atoms with Gasteiger partial charge in [-0.2, -0.15) is 0 Å².